The maximum absolute atomic E-state index is 12.4. The molecular weight excluding hydrogens is 280 g/mol. The average Bonchev–Trinajstić information content (AvgIpc) is 3.13. The van der Waals surface area contributed by atoms with E-state index in [9.17, 15) is 4.79 Å². The quantitative estimate of drug-likeness (QED) is 0.819. The van der Waals surface area contributed by atoms with Gasteiger partial charge >= 0.3 is 0 Å². The van der Waals surface area contributed by atoms with E-state index in [0.29, 0.717) is 13.0 Å². The van der Waals surface area contributed by atoms with E-state index in [-0.39, 0.29) is 11.3 Å². The third-order valence-electron chi connectivity index (χ3n) is 4.45. The number of nitrogens with zero attached hydrogens (tertiary/aromatic N) is 6. The minimum atomic E-state index is -0.0217. The van der Waals surface area contributed by atoms with Crippen LogP contribution in [0.5, 0.6) is 0 Å². The number of hydrogen-bond acceptors (Lipinski definition) is 6. The van der Waals surface area contributed by atoms with Crippen LogP contribution in [0.3, 0.4) is 0 Å². The van der Waals surface area contributed by atoms with E-state index >= 15 is 0 Å². The second-order valence-corrected chi connectivity index (χ2v) is 5.97. The summed E-state index contributed by atoms with van der Waals surface area (Å²) in [5.41, 5.74) is 0.755. The molecule has 1 spiro atoms. The largest absolute Gasteiger partial charge is 0.340 e. The van der Waals surface area contributed by atoms with Crippen molar-refractivity contribution >= 4 is 17.5 Å². The Labute approximate surface area is 128 Å². The van der Waals surface area contributed by atoms with Crippen molar-refractivity contribution in [3.05, 3.63) is 37.2 Å². The Morgan fingerprint density at radius 2 is 1.86 bits per heavy atom. The number of rotatable bonds is 2. The highest BCUT2D eigenvalue weighted by molar-refractivity contribution is 5.96. The first-order valence-corrected chi connectivity index (χ1v) is 7.33. The molecule has 2 aliphatic rings. The molecular formula is C15H16N6O. The molecule has 1 unspecified atom stereocenters. The highest BCUT2D eigenvalue weighted by Gasteiger charge is 2.48. The van der Waals surface area contributed by atoms with Crippen LogP contribution in [0.15, 0.2) is 37.2 Å². The van der Waals surface area contributed by atoms with E-state index in [2.05, 4.69) is 24.8 Å². The summed E-state index contributed by atoms with van der Waals surface area (Å²) < 4.78 is 0. The molecule has 0 bridgehead atoms. The predicted octanol–water partition coefficient (Wildman–Crippen LogP) is 0.900. The van der Waals surface area contributed by atoms with Crippen molar-refractivity contribution in [2.75, 3.05) is 29.4 Å². The van der Waals surface area contributed by atoms with Gasteiger partial charge in [-0.15, -0.1) is 0 Å². The lowest BCUT2D eigenvalue weighted by Gasteiger charge is -2.23. The molecule has 112 valence electrons. The highest BCUT2D eigenvalue weighted by atomic mass is 16.2. The molecule has 0 aromatic carbocycles. The lowest BCUT2D eigenvalue weighted by molar-refractivity contribution is -0.117. The standard InChI is InChI=1S/C15H16N6O/c22-13-6-15(10-21(13)12-7-16-11-17-8-12)2-5-20(9-15)14-18-3-1-4-19-14/h1,3-4,7-8,11H,2,5-6,9-10H2. The Morgan fingerprint density at radius 3 is 2.64 bits per heavy atom. The minimum absolute atomic E-state index is 0.0217. The van der Waals surface area contributed by atoms with Crippen LogP contribution >= 0.6 is 0 Å². The van der Waals surface area contributed by atoms with Crippen molar-refractivity contribution in [2.45, 2.75) is 12.8 Å². The van der Waals surface area contributed by atoms with Gasteiger partial charge in [0.1, 0.15) is 6.33 Å². The molecule has 4 heterocycles. The third-order valence-corrected chi connectivity index (χ3v) is 4.45. The first-order chi connectivity index (χ1) is 10.8. The minimum Gasteiger partial charge on any atom is -0.340 e. The molecule has 0 N–H and O–H groups in total. The lowest BCUT2D eigenvalue weighted by atomic mass is 9.86. The van der Waals surface area contributed by atoms with Gasteiger partial charge in [0.25, 0.3) is 0 Å². The summed E-state index contributed by atoms with van der Waals surface area (Å²) in [4.78, 5) is 33.0. The molecule has 22 heavy (non-hydrogen) atoms. The molecule has 2 aromatic rings. The summed E-state index contributed by atoms with van der Waals surface area (Å²) in [5.74, 6) is 0.888. The molecule has 1 amide bonds. The maximum atomic E-state index is 12.4. The first-order valence-electron chi connectivity index (χ1n) is 7.33. The fraction of sp³-hybridized carbons (Fsp3) is 0.400. The average molecular weight is 296 g/mol. The monoisotopic (exact) mass is 296 g/mol. The SMILES string of the molecule is O=C1CC2(CCN(c3ncccn3)C2)CN1c1cncnc1. The van der Waals surface area contributed by atoms with Gasteiger partial charge in [-0.25, -0.2) is 19.9 Å². The number of anilines is 2. The zero-order valence-corrected chi connectivity index (χ0v) is 12.1. The van der Waals surface area contributed by atoms with Crippen molar-refractivity contribution in [1.82, 2.24) is 19.9 Å². The van der Waals surface area contributed by atoms with Gasteiger partial charge in [0, 0.05) is 43.9 Å². The van der Waals surface area contributed by atoms with Crippen molar-refractivity contribution in [3.63, 3.8) is 0 Å². The fourth-order valence-corrected chi connectivity index (χ4v) is 3.40. The normalized spacial score (nSPS) is 24.5. The van der Waals surface area contributed by atoms with E-state index in [4.69, 9.17) is 0 Å². The summed E-state index contributed by atoms with van der Waals surface area (Å²) in [6.45, 7) is 2.41. The lowest BCUT2D eigenvalue weighted by Crippen LogP contribution is -2.31. The molecule has 1 atom stereocenters. The van der Waals surface area contributed by atoms with Crippen molar-refractivity contribution in [1.29, 1.82) is 0 Å². The first kappa shape index (κ1) is 13.1. The van der Waals surface area contributed by atoms with Crippen LogP contribution in [0.4, 0.5) is 11.6 Å². The van der Waals surface area contributed by atoms with Gasteiger partial charge in [-0.3, -0.25) is 4.79 Å². The highest BCUT2D eigenvalue weighted by Crippen LogP contribution is 2.42. The van der Waals surface area contributed by atoms with Crippen LogP contribution in [0.1, 0.15) is 12.8 Å². The van der Waals surface area contributed by atoms with Gasteiger partial charge < -0.3 is 9.80 Å². The molecule has 7 heteroatoms. The van der Waals surface area contributed by atoms with Crippen LogP contribution in [0.2, 0.25) is 0 Å². The summed E-state index contributed by atoms with van der Waals surface area (Å²) in [5, 5.41) is 0. The van der Waals surface area contributed by atoms with Crippen molar-refractivity contribution in [2.24, 2.45) is 5.41 Å². The third kappa shape index (κ3) is 2.18. The summed E-state index contributed by atoms with van der Waals surface area (Å²) >= 11 is 0. The molecule has 0 saturated carbocycles. The van der Waals surface area contributed by atoms with Crippen molar-refractivity contribution < 1.29 is 4.79 Å². The number of carbonyl (C=O) groups is 1. The van der Waals surface area contributed by atoms with Crippen LogP contribution in [-0.4, -0.2) is 45.5 Å². The fourth-order valence-electron chi connectivity index (χ4n) is 3.40. The number of amides is 1. The second-order valence-electron chi connectivity index (χ2n) is 5.97. The molecule has 4 rings (SSSR count). The Morgan fingerprint density at radius 1 is 1.09 bits per heavy atom. The molecule has 2 aromatic heterocycles. The summed E-state index contributed by atoms with van der Waals surface area (Å²) in [6, 6.07) is 1.81. The van der Waals surface area contributed by atoms with Gasteiger partial charge in [-0.2, -0.15) is 0 Å². The van der Waals surface area contributed by atoms with E-state index < -0.39 is 0 Å². The van der Waals surface area contributed by atoms with E-state index in [0.717, 1.165) is 31.1 Å². The molecule has 0 aliphatic carbocycles. The Bertz CT molecular complexity index is 679. The van der Waals surface area contributed by atoms with E-state index in [1.165, 1.54) is 6.33 Å². The smallest absolute Gasteiger partial charge is 0.227 e. The second kappa shape index (κ2) is 5.01. The van der Waals surface area contributed by atoms with Crippen LogP contribution in [0, 0.1) is 5.41 Å². The zero-order valence-electron chi connectivity index (χ0n) is 12.1. The van der Waals surface area contributed by atoms with Gasteiger partial charge in [0.15, 0.2) is 0 Å². The molecule has 7 nitrogen and oxygen atoms in total. The Hall–Kier alpha value is -2.57. The number of hydrogen-bond donors (Lipinski definition) is 0. The zero-order chi connectivity index (χ0) is 15.0. The van der Waals surface area contributed by atoms with Crippen LogP contribution in [0.25, 0.3) is 0 Å². The van der Waals surface area contributed by atoms with Crippen LogP contribution < -0.4 is 9.80 Å². The van der Waals surface area contributed by atoms with Gasteiger partial charge in [0.05, 0.1) is 18.1 Å². The number of aromatic nitrogens is 4. The van der Waals surface area contributed by atoms with Gasteiger partial charge in [0.2, 0.25) is 11.9 Å². The molecule has 0 radical (unpaired) electrons. The molecule has 2 fully saturated rings. The Balaban J connectivity index is 1.54. The molecule has 2 saturated heterocycles. The predicted molar refractivity (Wildman–Crippen MR) is 80.3 cm³/mol. The topological polar surface area (TPSA) is 75.1 Å². The van der Waals surface area contributed by atoms with Crippen LogP contribution in [-0.2, 0) is 4.79 Å². The van der Waals surface area contributed by atoms with E-state index in [1.807, 2.05) is 6.07 Å². The van der Waals surface area contributed by atoms with Crippen molar-refractivity contribution in [3.8, 4) is 0 Å². The summed E-state index contributed by atoms with van der Waals surface area (Å²) in [7, 11) is 0. The van der Waals surface area contributed by atoms with Gasteiger partial charge in [-0.05, 0) is 12.5 Å². The summed E-state index contributed by atoms with van der Waals surface area (Å²) in [6.07, 6.45) is 9.89. The van der Waals surface area contributed by atoms with Gasteiger partial charge in [-0.1, -0.05) is 0 Å². The Kier molecular flexibility index (Phi) is 2.99. The van der Waals surface area contributed by atoms with E-state index in [1.54, 1.807) is 29.7 Å². The maximum Gasteiger partial charge on any atom is 0.227 e. The molecule has 2 aliphatic heterocycles. The number of carbonyl (C=O) groups excluding carboxylic acids is 1.